The zero-order chi connectivity index (χ0) is 9.14. The summed E-state index contributed by atoms with van der Waals surface area (Å²) < 4.78 is 7.88. The molecule has 1 amide bonds. The van der Waals surface area contributed by atoms with Crippen molar-refractivity contribution in [2.75, 3.05) is 0 Å². The van der Waals surface area contributed by atoms with Crippen LogP contribution in [0.15, 0.2) is 0 Å². The van der Waals surface area contributed by atoms with E-state index < -0.39 is 5.91 Å². The van der Waals surface area contributed by atoms with Crippen LogP contribution in [-0.2, 0) is 51.0 Å². The molecule has 1 aromatic rings. The topological polar surface area (TPSA) is 80.0 Å². The van der Waals surface area contributed by atoms with Crippen LogP contribution in [0.25, 0.3) is 0 Å². The Labute approximate surface area is 95.7 Å². The third kappa shape index (κ3) is 2.96. The SMILES string of the molecule is [2H]N(O)C(=O)Cc1n[c-]nn1C.[Y]. The zero-order valence-electron chi connectivity index (χ0n) is 7.43. The molecule has 1 radical (unpaired) electrons. The van der Waals surface area contributed by atoms with Gasteiger partial charge in [0, 0.05) is 46.2 Å². The number of aryl methyl sites for hydroxylation is 1. The average molecular weight is 245 g/mol. The van der Waals surface area contributed by atoms with E-state index in [4.69, 9.17) is 6.62 Å². The van der Waals surface area contributed by atoms with Crippen LogP contribution in [0.4, 0.5) is 0 Å². The van der Waals surface area contributed by atoms with Crippen LogP contribution in [0.3, 0.4) is 0 Å². The number of carbonyl (C=O) groups is 1. The van der Waals surface area contributed by atoms with E-state index in [1.54, 1.807) is 7.05 Å². The van der Waals surface area contributed by atoms with Crippen LogP contribution >= 0.6 is 0 Å². The molecule has 12 heavy (non-hydrogen) atoms. The molecule has 0 aliphatic rings. The van der Waals surface area contributed by atoms with Gasteiger partial charge in [0.2, 0.25) is 5.91 Å². The van der Waals surface area contributed by atoms with E-state index in [9.17, 15) is 4.79 Å². The fourth-order valence-electron chi connectivity index (χ4n) is 0.602. The monoisotopic (exact) mass is 245 g/mol. The van der Waals surface area contributed by atoms with Crippen LogP contribution in [0.5, 0.6) is 0 Å². The van der Waals surface area contributed by atoms with Gasteiger partial charge in [0.25, 0.3) is 0 Å². The predicted octanol–water partition coefficient (Wildman–Crippen LogP) is -1.34. The van der Waals surface area contributed by atoms with Gasteiger partial charge in [-0.15, -0.1) is 0 Å². The third-order valence-corrected chi connectivity index (χ3v) is 1.17. The van der Waals surface area contributed by atoms with E-state index in [2.05, 4.69) is 16.4 Å². The molecule has 1 heterocycles. The van der Waals surface area contributed by atoms with E-state index in [1.165, 1.54) is 4.68 Å². The Morgan fingerprint density at radius 1 is 2.00 bits per heavy atom. The molecule has 0 spiro atoms. The molecule has 0 unspecified atom stereocenters. The molecule has 2 N–H and O–H groups in total. The average Bonchev–Trinajstić information content (AvgIpc) is 2.36. The Kier molecular flexibility index (Phi) is 4.35. The summed E-state index contributed by atoms with van der Waals surface area (Å²) in [6.07, 6.45) is 2.13. The summed E-state index contributed by atoms with van der Waals surface area (Å²) in [6.45, 7) is 0. The summed E-state index contributed by atoms with van der Waals surface area (Å²) >= 11 is 0. The van der Waals surface area contributed by atoms with Crippen LogP contribution in [0.1, 0.15) is 5.82 Å². The first-order valence-corrected chi connectivity index (χ1v) is 2.88. The number of hydrogen-bond donors (Lipinski definition) is 2. The summed E-state index contributed by atoms with van der Waals surface area (Å²) in [7, 11) is 1.60. The van der Waals surface area contributed by atoms with E-state index in [1.807, 2.05) is 0 Å². The maximum atomic E-state index is 10.8. The van der Waals surface area contributed by atoms with E-state index >= 15 is 0 Å². The number of nitrogens with zero attached hydrogens (tertiary/aromatic N) is 3. The first-order valence-electron chi connectivity index (χ1n) is 3.32. The van der Waals surface area contributed by atoms with Gasteiger partial charge in [-0.1, -0.05) is 0 Å². The molecule has 0 aliphatic carbocycles. The molecule has 63 valence electrons. The number of amides is 1. The van der Waals surface area contributed by atoms with E-state index in [0.29, 0.717) is 5.82 Å². The van der Waals surface area contributed by atoms with Crippen LogP contribution in [-0.4, -0.2) is 25.9 Å². The second-order valence-electron chi connectivity index (χ2n) is 1.92. The van der Waals surface area contributed by atoms with Gasteiger partial charge in [-0.25, -0.2) is 5.47 Å². The van der Waals surface area contributed by atoms with Crippen molar-refractivity contribution in [2.45, 2.75) is 6.42 Å². The van der Waals surface area contributed by atoms with Crippen molar-refractivity contribution in [2.24, 2.45) is 7.05 Å². The third-order valence-electron chi connectivity index (χ3n) is 1.17. The van der Waals surface area contributed by atoms with Gasteiger partial charge in [-0.05, 0) is 12.2 Å². The van der Waals surface area contributed by atoms with Crippen molar-refractivity contribution in [1.29, 1.82) is 0 Å². The van der Waals surface area contributed by atoms with Crippen molar-refractivity contribution in [3.63, 3.8) is 0 Å². The molecule has 0 aliphatic heterocycles. The molecule has 0 fully saturated rings. The van der Waals surface area contributed by atoms with Gasteiger partial charge in [-0.2, -0.15) is 0 Å². The van der Waals surface area contributed by atoms with Gasteiger partial charge in [0.1, 0.15) is 0 Å². The van der Waals surface area contributed by atoms with Gasteiger partial charge in [0.15, 0.2) is 1.41 Å². The molecule has 0 atom stereocenters. The minimum atomic E-state index is -0.764. The summed E-state index contributed by atoms with van der Waals surface area (Å²) in [5, 5.41) is 12.0. The van der Waals surface area contributed by atoms with Crippen molar-refractivity contribution < 1.29 is 44.1 Å². The molecule has 0 aromatic carbocycles. The number of nitrogens with one attached hydrogen (secondary N) is 1. The molecule has 6 nitrogen and oxygen atoms in total. The van der Waals surface area contributed by atoms with E-state index in [0.717, 1.165) is 0 Å². The Bertz CT molecular complexity index is 290. The maximum Gasteiger partial charge on any atom is 0.233 e. The first kappa shape index (κ1) is 9.76. The minimum absolute atomic E-state index is 0. The van der Waals surface area contributed by atoms with Crippen molar-refractivity contribution in [3.8, 4) is 0 Å². The van der Waals surface area contributed by atoms with Gasteiger partial charge in [-0.3, -0.25) is 15.1 Å². The standard InChI is InChI=1S/C5H7N4O2.Y/c1-9-4(6-3-7-9)2-5(10)8-11;/h11H,2H2,1H3,(H,8,10);/q-1;/i/hD. The number of carbonyl (C=O) groups excluding carboxylic acids is 1. The van der Waals surface area contributed by atoms with Crippen molar-refractivity contribution in [3.05, 3.63) is 12.2 Å². The molecule has 0 saturated heterocycles. The molecule has 1 aromatic heterocycles. The Morgan fingerprint density at radius 3 is 3.08 bits per heavy atom. The Morgan fingerprint density at radius 2 is 2.67 bits per heavy atom. The minimum Gasteiger partial charge on any atom is -0.417 e. The first-order chi connectivity index (χ1) is 5.61. The number of hydroxylamine groups is 1. The van der Waals surface area contributed by atoms with Crippen LogP contribution in [0, 0.1) is 6.33 Å². The maximum absolute atomic E-state index is 10.8. The fraction of sp³-hybridized carbons (Fsp3) is 0.400. The largest absolute Gasteiger partial charge is 0.417 e. The molecule has 7 heteroatoms. The van der Waals surface area contributed by atoms with Crippen molar-refractivity contribution >= 4 is 5.91 Å². The van der Waals surface area contributed by atoms with Crippen LogP contribution in [0.2, 0.25) is 1.41 Å². The second kappa shape index (κ2) is 5.34. The number of hydrogen-bond acceptors (Lipinski definition) is 4. The summed E-state index contributed by atoms with van der Waals surface area (Å²) in [5.41, 5.74) is -0.228. The Hall–Kier alpha value is -0.326. The molecule has 1 rings (SSSR count). The molecule has 0 bridgehead atoms. The quantitative estimate of drug-likeness (QED) is 0.384. The summed E-state index contributed by atoms with van der Waals surface area (Å²) in [5.74, 6) is -0.411. The number of aromatic nitrogens is 3. The predicted molar refractivity (Wildman–Crippen MR) is 33.5 cm³/mol. The van der Waals surface area contributed by atoms with Gasteiger partial charge < -0.3 is 9.67 Å². The second-order valence-corrected chi connectivity index (χ2v) is 1.92. The number of rotatable bonds is 2. The summed E-state index contributed by atoms with van der Waals surface area (Å²) in [4.78, 5) is 14.4. The van der Waals surface area contributed by atoms with Crippen molar-refractivity contribution in [1.82, 2.24) is 20.2 Å². The molecular formula is C5H7N4O2Y-. The van der Waals surface area contributed by atoms with E-state index in [-0.39, 0.29) is 44.6 Å². The molecular weight excluding hydrogens is 237 g/mol. The normalized spacial score (nSPS) is 10.0. The fourth-order valence-corrected chi connectivity index (χ4v) is 0.602. The van der Waals surface area contributed by atoms with Gasteiger partial charge >= 0.3 is 0 Å². The summed E-state index contributed by atoms with van der Waals surface area (Å²) in [6, 6.07) is 0. The molecule has 0 saturated carbocycles. The van der Waals surface area contributed by atoms with Crippen LogP contribution < -0.4 is 5.47 Å². The smallest absolute Gasteiger partial charge is 0.233 e. The van der Waals surface area contributed by atoms with Gasteiger partial charge in [0.05, 0.1) is 0 Å². The Balaban J connectivity index is 0.00000144. The zero-order valence-corrected chi connectivity index (χ0v) is 9.27.